The third-order valence-electron chi connectivity index (χ3n) is 5.17. The highest BCUT2D eigenvalue weighted by Gasteiger charge is 2.18. The maximum Gasteiger partial charge on any atom is 0.225 e. The van der Waals surface area contributed by atoms with E-state index in [1.165, 1.54) is 50.5 Å². The molecule has 3 heteroatoms. The smallest absolute Gasteiger partial charge is 0.225 e. The number of aryl methyl sites for hydroxylation is 1. The van der Waals surface area contributed by atoms with Gasteiger partial charge in [0.05, 0.1) is 5.92 Å². The number of rotatable bonds is 12. The van der Waals surface area contributed by atoms with Crippen LogP contribution in [0.15, 0.2) is 48.5 Å². The Bertz CT molecular complexity index is 677. The third kappa shape index (κ3) is 7.46. The summed E-state index contributed by atoms with van der Waals surface area (Å²) < 4.78 is 0. The first-order valence-corrected chi connectivity index (χ1v) is 10.3. The van der Waals surface area contributed by atoms with E-state index in [4.69, 9.17) is 5.73 Å². The molecule has 0 spiro atoms. The van der Waals surface area contributed by atoms with Crippen LogP contribution < -0.4 is 5.73 Å². The summed E-state index contributed by atoms with van der Waals surface area (Å²) in [5.41, 5.74) is 8.91. The second-order valence-electron chi connectivity index (χ2n) is 7.44. The van der Waals surface area contributed by atoms with Crippen molar-refractivity contribution in [1.82, 2.24) is 0 Å². The van der Waals surface area contributed by atoms with Crippen LogP contribution in [0.25, 0.3) is 0 Å². The zero-order valence-corrected chi connectivity index (χ0v) is 16.5. The summed E-state index contributed by atoms with van der Waals surface area (Å²) in [6, 6.07) is 15.3. The number of carbonyl (C=O) groups is 1. The molecule has 0 radical (unpaired) electrons. The molecule has 1 amide bonds. The lowest BCUT2D eigenvalue weighted by atomic mass is 9.90. The van der Waals surface area contributed by atoms with E-state index in [0.717, 1.165) is 17.5 Å². The van der Waals surface area contributed by atoms with Crippen LogP contribution in [-0.4, -0.2) is 11.0 Å². The number of carbonyl (C=O) groups excluding carboxylic acids is 1. The van der Waals surface area contributed by atoms with Crippen molar-refractivity contribution >= 4 is 5.91 Å². The Morgan fingerprint density at radius 3 is 2.00 bits per heavy atom. The first kappa shape index (κ1) is 21.0. The molecule has 2 rings (SSSR count). The zero-order valence-electron chi connectivity index (χ0n) is 16.5. The van der Waals surface area contributed by atoms with Gasteiger partial charge < -0.3 is 10.8 Å². The number of phenols is 1. The van der Waals surface area contributed by atoms with Crippen LogP contribution in [0.2, 0.25) is 0 Å². The van der Waals surface area contributed by atoms with E-state index in [2.05, 4.69) is 19.1 Å². The van der Waals surface area contributed by atoms with Crippen LogP contribution in [0.3, 0.4) is 0 Å². The molecule has 3 N–H and O–H groups in total. The molecule has 2 aromatic rings. The minimum absolute atomic E-state index is 0.226. The molecule has 0 saturated carbocycles. The fourth-order valence-corrected chi connectivity index (χ4v) is 3.45. The van der Waals surface area contributed by atoms with Gasteiger partial charge in [-0.15, -0.1) is 0 Å². The summed E-state index contributed by atoms with van der Waals surface area (Å²) in [5.74, 6) is -0.436. The molecule has 3 nitrogen and oxygen atoms in total. The van der Waals surface area contributed by atoms with Crippen LogP contribution in [0.5, 0.6) is 5.75 Å². The van der Waals surface area contributed by atoms with E-state index < -0.39 is 0 Å². The first-order chi connectivity index (χ1) is 13.1. The molecule has 0 aliphatic carbocycles. The second-order valence-corrected chi connectivity index (χ2v) is 7.44. The van der Waals surface area contributed by atoms with Crippen molar-refractivity contribution < 1.29 is 9.90 Å². The van der Waals surface area contributed by atoms with E-state index in [-0.39, 0.29) is 17.6 Å². The number of aromatic hydroxyl groups is 1. The van der Waals surface area contributed by atoms with Gasteiger partial charge in [0.15, 0.2) is 0 Å². The van der Waals surface area contributed by atoms with Crippen molar-refractivity contribution in [2.45, 2.75) is 70.6 Å². The lowest BCUT2D eigenvalue weighted by molar-refractivity contribution is -0.119. The normalized spacial score (nSPS) is 12.0. The molecule has 1 atom stereocenters. The Morgan fingerprint density at radius 1 is 0.852 bits per heavy atom. The Morgan fingerprint density at radius 2 is 1.41 bits per heavy atom. The third-order valence-corrected chi connectivity index (χ3v) is 5.17. The molecule has 0 saturated heterocycles. The summed E-state index contributed by atoms with van der Waals surface area (Å²) >= 11 is 0. The molecule has 0 fully saturated rings. The van der Waals surface area contributed by atoms with Crippen LogP contribution in [0, 0.1) is 0 Å². The second kappa shape index (κ2) is 11.4. The van der Waals surface area contributed by atoms with Crippen LogP contribution in [0.4, 0.5) is 0 Å². The number of unbranched alkanes of at least 4 members (excludes halogenated alkanes) is 6. The predicted octanol–water partition coefficient (Wildman–Crippen LogP) is 5.50. The molecule has 27 heavy (non-hydrogen) atoms. The fraction of sp³-hybridized carbons (Fsp3) is 0.458. The molecule has 2 aromatic carbocycles. The quantitative estimate of drug-likeness (QED) is 0.487. The van der Waals surface area contributed by atoms with Crippen molar-refractivity contribution in [3.63, 3.8) is 0 Å². The largest absolute Gasteiger partial charge is 0.508 e. The topological polar surface area (TPSA) is 63.3 Å². The molecule has 0 aromatic heterocycles. The molecule has 0 aliphatic rings. The molecule has 146 valence electrons. The highest BCUT2D eigenvalue weighted by Crippen LogP contribution is 2.23. The van der Waals surface area contributed by atoms with E-state index in [1.807, 2.05) is 24.3 Å². The van der Waals surface area contributed by atoms with E-state index in [1.54, 1.807) is 12.1 Å². The van der Waals surface area contributed by atoms with Crippen molar-refractivity contribution in [3.05, 3.63) is 65.2 Å². The summed E-state index contributed by atoms with van der Waals surface area (Å²) in [5, 5.41) is 9.40. The highest BCUT2D eigenvalue weighted by atomic mass is 16.3. The lowest BCUT2D eigenvalue weighted by Crippen LogP contribution is -2.23. The van der Waals surface area contributed by atoms with Crippen molar-refractivity contribution in [1.29, 1.82) is 0 Å². The van der Waals surface area contributed by atoms with Gasteiger partial charge in [-0.05, 0) is 48.1 Å². The number of benzene rings is 2. The number of primary amides is 1. The predicted molar refractivity (Wildman–Crippen MR) is 112 cm³/mol. The maximum absolute atomic E-state index is 11.9. The van der Waals surface area contributed by atoms with Crippen LogP contribution in [0.1, 0.15) is 74.5 Å². The maximum atomic E-state index is 11.9. The summed E-state index contributed by atoms with van der Waals surface area (Å²) in [4.78, 5) is 11.9. The Kier molecular flexibility index (Phi) is 8.90. The van der Waals surface area contributed by atoms with Gasteiger partial charge in [0.2, 0.25) is 5.91 Å². The number of phenolic OH excluding ortho intramolecular Hbond substituents is 1. The average Bonchev–Trinajstić information content (AvgIpc) is 2.67. The highest BCUT2D eigenvalue weighted by molar-refractivity contribution is 5.82. The summed E-state index contributed by atoms with van der Waals surface area (Å²) in [6.07, 6.45) is 10.8. The van der Waals surface area contributed by atoms with E-state index in [0.29, 0.717) is 6.42 Å². The first-order valence-electron chi connectivity index (χ1n) is 10.3. The minimum Gasteiger partial charge on any atom is -0.508 e. The Labute approximate surface area is 163 Å². The van der Waals surface area contributed by atoms with Gasteiger partial charge in [-0.25, -0.2) is 0 Å². The molecule has 0 bridgehead atoms. The summed E-state index contributed by atoms with van der Waals surface area (Å²) in [6.45, 7) is 2.25. The number of hydrogen-bond donors (Lipinski definition) is 2. The number of nitrogens with two attached hydrogens (primary N) is 1. The van der Waals surface area contributed by atoms with Gasteiger partial charge in [0, 0.05) is 0 Å². The molecule has 0 aliphatic heterocycles. The van der Waals surface area contributed by atoms with E-state index >= 15 is 0 Å². The average molecular weight is 368 g/mol. The summed E-state index contributed by atoms with van der Waals surface area (Å²) in [7, 11) is 0. The zero-order chi connectivity index (χ0) is 19.5. The van der Waals surface area contributed by atoms with Crippen molar-refractivity contribution in [2.75, 3.05) is 0 Å². The standard InChI is InChI=1S/C24H33NO2/c1-2-3-4-5-6-7-8-9-19-10-14-21(15-11-19)23(24(25)27)18-20-12-16-22(26)17-13-20/h10-17,23,26H,2-9,18H2,1H3,(H2,25,27). The van der Waals surface area contributed by atoms with Gasteiger partial charge in [-0.2, -0.15) is 0 Å². The van der Waals surface area contributed by atoms with Crippen LogP contribution in [-0.2, 0) is 17.6 Å². The van der Waals surface area contributed by atoms with Gasteiger partial charge in [-0.3, -0.25) is 4.79 Å². The lowest BCUT2D eigenvalue weighted by Gasteiger charge is -2.15. The SMILES string of the molecule is CCCCCCCCCc1ccc(C(Cc2ccc(O)cc2)C(N)=O)cc1. The van der Waals surface area contributed by atoms with Gasteiger partial charge in [-0.1, -0.05) is 81.8 Å². The molecule has 1 unspecified atom stereocenters. The number of amides is 1. The molecular weight excluding hydrogens is 334 g/mol. The van der Waals surface area contributed by atoms with Crippen molar-refractivity contribution in [3.8, 4) is 5.75 Å². The fourth-order valence-electron chi connectivity index (χ4n) is 3.45. The van der Waals surface area contributed by atoms with Crippen LogP contribution >= 0.6 is 0 Å². The van der Waals surface area contributed by atoms with Crippen molar-refractivity contribution in [2.24, 2.45) is 5.73 Å². The monoisotopic (exact) mass is 367 g/mol. The Balaban J connectivity index is 1.85. The Hall–Kier alpha value is -2.29. The minimum atomic E-state index is -0.345. The van der Waals surface area contributed by atoms with Gasteiger partial charge in [0.25, 0.3) is 0 Å². The van der Waals surface area contributed by atoms with Gasteiger partial charge in [0.1, 0.15) is 5.75 Å². The number of hydrogen-bond acceptors (Lipinski definition) is 2. The van der Waals surface area contributed by atoms with E-state index in [9.17, 15) is 9.90 Å². The molecule has 0 heterocycles. The van der Waals surface area contributed by atoms with Gasteiger partial charge >= 0.3 is 0 Å². The molecular formula is C24H33NO2.